The van der Waals surface area contributed by atoms with Gasteiger partial charge in [0.2, 0.25) is 5.95 Å². The molecule has 7 heteroatoms. The molecule has 0 bridgehead atoms. The van der Waals surface area contributed by atoms with Gasteiger partial charge in [0.05, 0.1) is 11.6 Å². The van der Waals surface area contributed by atoms with Gasteiger partial charge >= 0.3 is 0 Å². The molecule has 0 saturated carbocycles. The topological polar surface area (TPSA) is 67.7 Å². The minimum absolute atomic E-state index is 0.0129. The highest BCUT2D eigenvalue weighted by molar-refractivity contribution is 5.87. The number of rotatable bonds is 5. The monoisotopic (exact) mass is 356 g/mol. The molecule has 6 nitrogen and oxygen atoms in total. The number of aromatic nitrogens is 4. The summed E-state index contributed by atoms with van der Waals surface area (Å²) in [5.74, 6) is 1.02. The van der Waals surface area contributed by atoms with Crippen molar-refractivity contribution in [2.24, 2.45) is 7.05 Å². The SMILES string of the molecule is CC(CNc1nc(NC(C)(C)C)c2cnn(C)c2n1)c1ccccc1F. The summed E-state index contributed by atoms with van der Waals surface area (Å²) in [5.41, 5.74) is 1.27. The molecule has 26 heavy (non-hydrogen) atoms. The van der Waals surface area contributed by atoms with Gasteiger partial charge in [-0.25, -0.2) is 4.39 Å². The van der Waals surface area contributed by atoms with Crippen LogP contribution in [0.4, 0.5) is 16.2 Å². The largest absolute Gasteiger partial charge is 0.365 e. The van der Waals surface area contributed by atoms with Crippen molar-refractivity contribution in [3.05, 3.63) is 41.8 Å². The highest BCUT2D eigenvalue weighted by atomic mass is 19.1. The van der Waals surface area contributed by atoms with Crippen LogP contribution in [0.25, 0.3) is 11.0 Å². The summed E-state index contributed by atoms with van der Waals surface area (Å²) < 4.78 is 15.7. The molecule has 0 aliphatic rings. The van der Waals surface area contributed by atoms with Crippen LogP contribution in [0.1, 0.15) is 39.2 Å². The summed E-state index contributed by atoms with van der Waals surface area (Å²) in [7, 11) is 1.85. The Morgan fingerprint density at radius 3 is 2.62 bits per heavy atom. The van der Waals surface area contributed by atoms with E-state index in [1.807, 2.05) is 20.0 Å². The first-order valence-corrected chi connectivity index (χ1v) is 8.71. The minimum Gasteiger partial charge on any atom is -0.365 e. The molecule has 138 valence electrons. The summed E-state index contributed by atoms with van der Waals surface area (Å²) in [6.45, 7) is 8.72. The van der Waals surface area contributed by atoms with E-state index in [0.717, 1.165) is 16.9 Å². The van der Waals surface area contributed by atoms with Crippen LogP contribution in [0.3, 0.4) is 0 Å². The Bertz CT molecular complexity index is 912. The molecule has 1 unspecified atom stereocenters. The number of aryl methyl sites for hydroxylation is 1. The van der Waals surface area contributed by atoms with Gasteiger partial charge in [-0.2, -0.15) is 15.1 Å². The van der Waals surface area contributed by atoms with Crippen molar-refractivity contribution >= 4 is 22.8 Å². The van der Waals surface area contributed by atoms with Gasteiger partial charge in [-0.3, -0.25) is 4.68 Å². The predicted molar refractivity (Wildman–Crippen MR) is 103 cm³/mol. The lowest BCUT2D eigenvalue weighted by molar-refractivity contribution is 0.593. The molecule has 3 aromatic rings. The van der Waals surface area contributed by atoms with Crippen LogP contribution in [0.5, 0.6) is 0 Å². The molecular formula is C19H25FN6. The summed E-state index contributed by atoms with van der Waals surface area (Å²) >= 11 is 0. The fourth-order valence-electron chi connectivity index (χ4n) is 2.78. The van der Waals surface area contributed by atoms with Crippen LogP contribution in [0.15, 0.2) is 30.5 Å². The van der Waals surface area contributed by atoms with Crippen molar-refractivity contribution in [2.75, 3.05) is 17.2 Å². The van der Waals surface area contributed by atoms with Crippen LogP contribution in [0, 0.1) is 5.82 Å². The molecule has 0 spiro atoms. The Balaban J connectivity index is 1.86. The maximum atomic E-state index is 14.0. The van der Waals surface area contributed by atoms with Crippen LogP contribution in [0.2, 0.25) is 0 Å². The van der Waals surface area contributed by atoms with Crippen molar-refractivity contribution in [2.45, 2.75) is 39.2 Å². The van der Waals surface area contributed by atoms with Gasteiger partial charge in [0.1, 0.15) is 11.6 Å². The quantitative estimate of drug-likeness (QED) is 0.725. The van der Waals surface area contributed by atoms with E-state index in [0.29, 0.717) is 18.1 Å². The van der Waals surface area contributed by atoms with Crippen LogP contribution in [-0.2, 0) is 7.05 Å². The van der Waals surface area contributed by atoms with Crippen molar-refractivity contribution in [3.8, 4) is 0 Å². The smallest absolute Gasteiger partial charge is 0.226 e. The van der Waals surface area contributed by atoms with Crippen LogP contribution in [-0.4, -0.2) is 31.8 Å². The zero-order chi connectivity index (χ0) is 18.9. The van der Waals surface area contributed by atoms with E-state index >= 15 is 0 Å². The van der Waals surface area contributed by atoms with Crippen LogP contribution >= 0.6 is 0 Å². The Morgan fingerprint density at radius 2 is 1.92 bits per heavy atom. The van der Waals surface area contributed by atoms with Gasteiger partial charge in [0.15, 0.2) is 5.65 Å². The molecule has 0 saturated heterocycles. The van der Waals surface area contributed by atoms with Gasteiger partial charge in [0, 0.05) is 25.0 Å². The van der Waals surface area contributed by atoms with E-state index in [1.54, 1.807) is 23.0 Å². The van der Waals surface area contributed by atoms with Gasteiger partial charge in [-0.1, -0.05) is 25.1 Å². The zero-order valence-electron chi connectivity index (χ0n) is 15.8. The predicted octanol–water partition coefficient (Wildman–Crippen LogP) is 3.93. The van der Waals surface area contributed by atoms with Gasteiger partial charge in [0.25, 0.3) is 0 Å². The van der Waals surface area contributed by atoms with Crippen molar-refractivity contribution in [3.63, 3.8) is 0 Å². The second-order valence-corrected chi connectivity index (χ2v) is 7.58. The second-order valence-electron chi connectivity index (χ2n) is 7.58. The molecule has 1 aromatic carbocycles. The number of halogens is 1. The summed E-state index contributed by atoms with van der Waals surface area (Å²) in [5, 5.41) is 11.8. The Hall–Kier alpha value is -2.70. The highest BCUT2D eigenvalue weighted by Crippen LogP contribution is 2.25. The Labute approximate surface area is 152 Å². The van der Waals surface area contributed by atoms with Gasteiger partial charge in [-0.05, 0) is 32.4 Å². The number of fused-ring (bicyclic) bond motifs is 1. The highest BCUT2D eigenvalue weighted by Gasteiger charge is 2.17. The molecule has 1 atom stereocenters. The summed E-state index contributed by atoms with van der Waals surface area (Å²) in [4.78, 5) is 9.17. The fraction of sp³-hybridized carbons (Fsp3) is 0.421. The van der Waals surface area contributed by atoms with Crippen molar-refractivity contribution in [1.29, 1.82) is 0 Å². The first kappa shape index (κ1) is 18.1. The van der Waals surface area contributed by atoms with Gasteiger partial charge in [-0.15, -0.1) is 0 Å². The number of nitrogens with zero attached hydrogens (tertiary/aromatic N) is 4. The van der Waals surface area contributed by atoms with Crippen molar-refractivity contribution in [1.82, 2.24) is 19.7 Å². The second kappa shape index (κ2) is 6.90. The van der Waals surface area contributed by atoms with E-state index in [9.17, 15) is 4.39 Å². The molecule has 0 fully saturated rings. The van der Waals surface area contributed by atoms with Crippen LogP contribution < -0.4 is 10.6 Å². The third-order valence-electron chi connectivity index (χ3n) is 4.09. The van der Waals surface area contributed by atoms with E-state index < -0.39 is 0 Å². The normalized spacial score (nSPS) is 13.0. The Morgan fingerprint density at radius 1 is 1.19 bits per heavy atom. The summed E-state index contributed by atoms with van der Waals surface area (Å²) in [6.07, 6.45) is 1.76. The third-order valence-corrected chi connectivity index (χ3v) is 4.09. The lowest BCUT2D eigenvalue weighted by Gasteiger charge is -2.22. The van der Waals surface area contributed by atoms with E-state index in [2.05, 4.69) is 46.5 Å². The zero-order valence-corrected chi connectivity index (χ0v) is 15.8. The first-order valence-electron chi connectivity index (χ1n) is 8.71. The standard InChI is InChI=1S/C19H25FN6/c1-12(13-8-6-7-9-15(13)20)10-21-18-23-16(25-19(2,3)4)14-11-22-26(5)17(14)24-18/h6-9,11-12H,10H2,1-5H3,(H2,21,23,24,25). The molecule has 3 rings (SSSR count). The van der Waals surface area contributed by atoms with E-state index in [4.69, 9.17) is 0 Å². The number of hydrogen-bond donors (Lipinski definition) is 2. The number of hydrogen-bond acceptors (Lipinski definition) is 5. The molecule has 0 aliphatic heterocycles. The maximum Gasteiger partial charge on any atom is 0.226 e. The number of nitrogens with one attached hydrogen (secondary N) is 2. The average Bonchev–Trinajstić information content (AvgIpc) is 2.93. The third kappa shape index (κ3) is 3.92. The molecule has 2 N–H and O–H groups in total. The number of benzene rings is 1. The van der Waals surface area contributed by atoms with Crippen molar-refractivity contribution < 1.29 is 4.39 Å². The average molecular weight is 356 g/mol. The molecule has 0 radical (unpaired) electrons. The van der Waals surface area contributed by atoms with Gasteiger partial charge < -0.3 is 10.6 Å². The molecule has 0 amide bonds. The van der Waals surface area contributed by atoms with E-state index in [1.165, 1.54) is 6.07 Å². The fourth-order valence-corrected chi connectivity index (χ4v) is 2.78. The Kier molecular flexibility index (Phi) is 4.80. The lowest BCUT2D eigenvalue weighted by Crippen LogP contribution is -2.27. The maximum absolute atomic E-state index is 14.0. The number of anilines is 2. The molecule has 2 aromatic heterocycles. The minimum atomic E-state index is -0.195. The molecular weight excluding hydrogens is 331 g/mol. The lowest BCUT2D eigenvalue weighted by atomic mass is 10.0. The summed E-state index contributed by atoms with van der Waals surface area (Å²) in [6, 6.07) is 6.83. The molecule has 2 heterocycles. The molecule has 0 aliphatic carbocycles. The first-order chi connectivity index (χ1) is 12.2. The van der Waals surface area contributed by atoms with E-state index in [-0.39, 0.29) is 17.3 Å².